The molecular weight excluding hydrogens is 236 g/mol. The number of carbonyl (C=O) groups excluding carboxylic acids is 1. The molecule has 0 radical (unpaired) electrons. The Hall–Kier alpha value is -2.50. The molecule has 2 rings (SSSR count). The number of fused-ring (bicyclic) bond motifs is 1. The highest BCUT2D eigenvalue weighted by Gasteiger charge is 2.19. The third-order valence-corrected chi connectivity index (χ3v) is 2.45. The molecule has 0 aliphatic heterocycles. The zero-order valence-corrected chi connectivity index (χ0v) is 9.62. The van der Waals surface area contributed by atoms with Crippen molar-refractivity contribution >= 4 is 22.6 Å². The fourth-order valence-corrected chi connectivity index (χ4v) is 1.69. The van der Waals surface area contributed by atoms with E-state index in [9.17, 15) is 14.9 Å². The Labute approximate surface area is 102 Å². The molecule has 0 N–H and O–H groups in total. The zero-order chi connectivity index (χ0) is 13.1. The van der Waals surface area contributed by atoms with E-state index in [0.717, 1.165) is 0 Å². The molecule has 18 heavy (non-hydrogen) atoms. The summed E-state index contributed by atoms with van der Waals surface area (Å²) in [6, 6.07) is 6.47. The smallest absolute Gasteiger partial charge is 0.302 e. The van der Waals surface area contributed by atoms with Crippen LogP contribution >= 0.6 is 0 Å². The first-order valence-electron chi connectivity index (χ1n) is 5.24. The average Bonchev–Trinajstić information content (AvgIpc) is 2.35. The Bertz CT molecular complexity index is 625. The summed E-state index contributed by atoms with van der Waals surface area (Å²) in [6.45, 7) is 1.14. The molecule has 6 heteroatoms. The van der Waals surface area contributed by atoms with Gasteiger partial charge in [0.05, 0.1) is 21.4 Å². The molecule has 0 spiro atoms. The maximum Gasteiger partial charge on any atom is 0.302 e. The summed E-state index contributed by atoms with van der Waals surface area (Å²) in [7, 11) is 0. The van der Waals surface area contributed by atoms with Crippen LogP contribution in [-0.2, 0) is 16.1 Å². The Morgan fingerprint density at radius 1 is 1.44 bits per heavy atom. The van der Waals surface area contributed by atoms with Crippen molar-refractivity contribution in [1.29, 1.82) is 0 Å². The Morgan fingerprint density at radius 2 is 2.22 bits per heavy atom. The van der Waals surface area contributed by atoms with Crippen LogP contribution in [0, 0.1) is 10.1 Å². The molecule has 0 fully saturated rings. The van der Waals surface area contributed by atoms with E-state index in [0.29, 0.717) is 16.5 Å². The van der Waals surface area contributed by atoms with Gasteiger partial charge in [0.1, 0.15) is 6.61 Å². The van der Waals surface area contributed by atoms with Crippen LogP contribution in [0.15, 0.2) is 30.5 Å². The lowest BCUT2D eigenvalue weighted by atomic mass is 10.1. The molecule has 0 unspecified atom stereocenters. The Balaban J connectivity index is 2.55. The molecule has 0 aliphatic carbocycles. The number of hydrogen-bond donors (Lipinski definition) is 0. The van der Waals surface area contributed by atoms with E-state index in [-0.39, 0.29) is 12.3 Å². The highest BCUT2D eigenvalue weighted by atomic mass is 16.6. The second-order valence-corrected chi connectivity index (χ2v) is 3.68. The molecule has 0 saturated heterocycles. The number of nitrogens with zero attached hydrogens (tertiary/aromatic N) is 2. The van der Waals surface area contributed by atoms with Gasteiger partial charge in [-0.15, -0.1) is 0 Å². The normalized spacial score (nSPS) is 10.3. The van der Waals surface area contributed by atoms with Gasteiger partial charge in [-0.1, -0.05) is 0 Å². The molecule has 2 aromatic rings. The van der Waals surface area contributed by atoms with Gasteiger partial charge in [0.2, 0.25) is 0 Å². The van der Waals surface area contributed by atoms with Crippen molar-refractivity contribution in [2.75, 3.05) is 0 Å². The maximum atomic E-state index is 11.1. The van der Waals surface area contributed by atoms with Crippen LogP contribution in [0.1, 0.15) is 12.5 Å². The number of carbonyl (C=O) groups is 1. The van der Waals surface area contributed by atoms with Crippen molar-refractivity contribution in [3.05, 3.63) is 46.1 Å². The van der Waals surface area contributed by atoms with Gasteiger partial charge < -0.3 is 4.74 Å². The van der Waals surface area contributed by atoms with Gasteiger partial charge in [-0.25, -0.2) is 0 Å². The standard InChI is InChI=1S/C12H10N2O4/c1-8(15)18-7-9-4-5-11-10(3-2-6-13-11)12(9)14(16)17/h2-6H,7H2,1H3. The summed E-state index contributed by atoms with van der Waals surface area (Å²) in [6.07, 6.45) is 1.57. The lowest BCUT2D eigenvalue weighted by Crippen LogP contribution is -2.03. The summed E-state index contributed by atoms with van der Waals surface area (Å²) >= 11 is 0. The number of hydrogen-bond acceptors (Lipinski definition) is 5. The number of ether oxygens (including phenoxy) is 1. The quantitative estimate of drug-likeness (QED) is 0.471. The van der Waals surface area contributed by atoms with E-state index >= 15 is 0 Å². The molecular formula is C12H10N2O4. The average molecular weight is 246 g/mol. The second-order valence-electron chi connectivity index (χ2n) is 3.68. The van der Waals surface area contributed by atoms with E-state index in [1.807, 2.05) is 0 Å². The van der Waals surface area contributed by atoms with Crippen molar-refractivity contribution < 1.29 is 14.5 Å². The predicted molar refractivity (Wildman–Crippen MR) is 63.9 cm³/mol. The molecule has 1 aromatic heterocycles. The van der Waals surface area contributed by atoms with Gasteiger partial charge in [0.15, 0.2) is 0 Å². The molecule has 0 atom stereocenters. The van der Waals surface area contributed by atoms with Crippen LogP contribution in [0.2, 0.25) is 0 Å². The van der Waals surface area contributed by atoms with Crippen molar-refractivity contribution in [2.24, 2.45) is 0 Å². The maximum absolute atomic E-state index is 11.1. The monoisotopic (exact) mass is 246 g/mol. The van der Waals surface area contributed by atoms with Crippen LogP contribution in [-0.4, -0.2) is 15.9 Å². The van der Waals surface area contributed by atoms with Crippen LogP contribution in [0.3, 0.4) is 0 Å². The highest BCUT2D eigenvalue weighted by Crippen LogP contribution is 2.28. The third kappa shape index (κ3) is 2.27. The summed E-state index contributed by atoms with van der Waals surface area (Å²) < 4.78 is 4.80. The fourth-order valence-electron chi connectivity index (χ4n) is 1.69. The lowest BCUT2D eigenvalue weighted by Gasteiger charge is -2.05. The number of esters is 1. The zero-order valence-electron chi connectivity index (χ0n) is 9.62. The van der Waals surface area contributed by atoms with E-state index in [1.165, 1.54) is 6.92 Å². The van der Waals surface area contributed by atoms with E-state index in [1.54, 1.807) is 30.5 Å². The summed E-state index contributed by atoms with van der Waals surface area (Å²) in [5.74, 6) is -0.476. The van der Waals surface area contributed by atoms with Crippen LogP contribution in [0.5, 0.6) is 0 Å². The molecule has 0 saturated carbocycles. The number of aromatic nitrogens is 1. The molecule has 1 heterocycles. The van der Waals surface area contributed by atoms with E-state index in [2.05, 4.69) is 4.98 Å². The van der Waals surface area contributed by atoms with Crippen LogP contribution < -0.4 is 0 Å². The van der Waals surface area contributed by atoms with Crippen molar-refractivity contribution in [2.45, 2.75) is 13.5 Å². The Morgan fingerprint density at radius 3 is 2.89 bits per heavy atom. The third-order valence-electron chi connectivity index (χ3n) is 2.45. The number of pyridine rings is 1. The molecule has 92 valence electrons. The van der Waals surface area contributed by atoms with Gasteiger partial charge >= 0.3 is 5.97 Å². The minimum atomic E-state index is -0.483. The second kappa shape index (κ2) is 4.79. The van der Waals surface area contributed by atoms with Gasteiger partial charge in [0, 0.05) is 13.1 Å². The number of rotatable bonds is 3. The number of nitro groups is 1. The van der Waals surface area contributed by atoms with Crippen LogP contribution in [0.25, 0.3) is 10.9 Å². The topological polar surface area (TPSA) is 82.3 Å². The SMILES string of the molecule is CC(=O)OCc1ccc2ncccc2c1[N+](=O)[O-]. The molecule has 0 amide bonds. The van der Waals surface area contributed by atoms with Crippen molar-refractivity contribution in [1.82, 2.24) is 4.98 Å². The summed E-state index contributed by atoms with van der Waals surface area (Å²) in [4.78, 5) is 25.4. The molecule has 0 bridgehead atoms. The summed E-state index contributed by atoms with van der Waals surface area (Å²) in [5, 5.41) is 11.6. The number of benzene rings is 1. The lowest BCUT2D eigenvalue weighted by molar-refractivity contribution is -0.384. The first kappa shape index (κ1) is 12.0. The minimum absolute atomic E-state index is 0.0677. The van der Waals surface area contributed by atoms with Gasteiger partial charge in [-0.2, -0.15) is 0 Å². The first-order valence-corrected chi connectivity index (χ1v) is 5.24. The van der Waals surface area contributed by atoms with Crippen molar-refractivity contribution in [3.63, 3.8) is 0 Å². The van der Waals surface area contributed by atoms with Gasteiger partial charge in [-0.05, 0) is 24.3 Å². The predicted octanol–water partition coefficient (Wildman–Crippen LogP) is 2.21. The van der Waals surface area contributed by atoms with Gasteiger partial charge in [0.25, 0.3) is 5.69 Å². The largest absolute Gasteiger partial charge is 0.461 e. The molecule has 6 nitrogen and oxygen atoms in total. The number of nitro benzene ring substituents is 1. The molecule has 1 aromatic carbocycles. The summed E-state index contributed by atoms with van der Waals surface area (Å²) in [5.41, 5.74) is 0.827. The first-order chi connectivity index (χ1) is 8.59. The van der Waals surface area contributed by atoms with E-state index in [4.69, 9.17) is 4.74 Å². The van der Waals surface area contributed by atoms with Gasteiger partial charge in [-0.3, -0.25) is 19.9 Å². The fraction of sp³-hybridized carbons (Fsp3) is 0.167. The highest BCUT2D eigenvalue weighted by molar-refractivity contribution is 5.89. The minimum Gasteiger partial charge on any atom is -0.461 e. The van der Waals surface area contributed by atoms with E-state index < -0.39 is 10.9 Å². The Kier molecular flexibility index (Phi) is 3.18. The van der Waals surface area contributed by atoms with Crippen LogP contribution in [0.4, 0.5) is 5.69 Å². The van der Waals surface area contributed by atoms with Crippen molar-refractivity contribution in [3.8, 4) is 0 Å². The molecule has 0 aliphatic rings.